The van der Waals surface area contributed by atoms with E-state index in [1.165, 1.54) is 5.56 Å². The van der Waals surface area contributed by atoms with Crippen LogP contribution in [0.5, 0.6) is 5.75 Å². The summed E-state index contributed by atoms with van der Waals surface area (Å²) in [5.41, 5.74) is 2.53. The van der Waals surface area contributed by atoms with E-state index in [0.717, 1.165) is 24.8 Å². The van der Waals surface area contributed by atoms with Gasteiger partial charge in [-0.05, 0) is 55.7 Å². The molecule has 0 fully saturated rings. The summed E-state index contributed by atoms with van der Waals surface area (Å²) in [6, 6.07) is 13.1. The number of benzene rings is 2. The van der Waals surface area contributed by atoms with Crippen molar-refractivity contribution in [3.63, 3.8) is 0 Å². The Balaban J connectivity index is 1.92. The highest BCUT2D eigenvalue weighted by molar-refractivity contribution is 6.05. The van der Waals surface area contributed by atoms with Crippen molar-refractivity contribution in [3.05, 3.63) is 70.0 Å². The number of ether oxygens (including phenoxy) is 1. The summed E-state index contributed by atoms with van der Waals surface area (Å²) in [5, 5.41) is 3.32. The largest absolute Gasteiger partial charge is 0.497 e. The van der Waals surface area contributed by atoms with Crippen molar-refractivity contribution in [1.29, 1.82) is 0 Å². The van der Waals surface area contributed by atoms with E-state index in [1.54, 1.807) is 19.4 Å². The van der Waals surface area contributed by atoms with Crippen LogP contribution in [0.3, 0.4) is 0 Å². The second kappa shape index (κ2) is 8.74. The maximum Gasteiger partial charge on any atom is 0.261 e. The van der Waals surface area contributed by atoms with Crippen LogP contribution in [0.1, 0.15) is 42.6 Å². The highest BCUT2D eigenvalue weighted by atomic mass is 16.5. The van der Waals surface area contributed by atoms with Crippen molar-refractivity contribution >= 4 is 22.5 Å². The van der Waals surface area contributed by atoms with E-state index in [4.69, 9.17) is 4.74 Å². The number of amides is 1. The molecule has 0 radical (unpaired) electrons. The molecular formula is C23H26N2O3. The second-order valence-electron chi connectivity index (χ2n) is 6.80. The SMILES string of the molecule is CCCCc1ccc(NC(=O)c2cn(CC)c3ccc(OC)cc3c2=O)cc1. The van der Waals surface area contributed by atoms with Crippen LogP contribution in [0, 0.1) is 0 Å². The molecule has 0 aliphatic carbocycles. The lowest BCUT2D eigenvalue weighted by Crippen LogP contribution is -2.24. The molecule has 0 spiro atoms. The molecule has 0 unspecified atom stereocenters. The number of anilines is 1. The van der Waals surface area contributed by atoms with Crippen molar-refractivity contribution in [1.82, 2.24) is 4.57 Å². The van der Waals surface area contributed by atoms with Crippen molar-refractivity contribution in [2.75, 3.05) is 12.4 Å². The summed E-state index contributed by atoms with van der Waals surface area (Å²) in [5.74, 6) is 0.186. The Labute approximate surface area is 165 Å². The number of hydrogen-bond acceptors (Lipinski definition) is 3. The fraction of sp³-hybridized carbons (Fsp3) is 0.304. The Morgan fingerprint density at radius 1 is 1.11 bits per heavy atom. The Morgan fingerprint density at radius 2 is 1.86 bits per heavy atom. The van der Waals surface area contributed by atoms with E-state index < -0.39 is 5.91 Å². The summed E-state index contributed by atoms with van der Waals surface area (Å²) in [7, 11) is 1.56. The lowest BCUT2D eigenvalue weighted by Gasteiger charge is -2.13. The fourth-order valence-electron chi connectivity index (χ4n) is 3.26. The molecule has 1 heterocycles. The number of hydrogen-bond donors (Lipinski definition) is 1. The average molecular weight is 378 g/mol. The van der Waals surface area contributed by atoms with Gasteiger partial charge in [-0.25, -0.2) is 0 Å². The Hall–Kier alpha value is -3.08. The van der Waals surface area contributed by atoms with E-state index >= 15 is 0 Å². The van der Waals surface area contributed by atoms with Crippen LogP contribution in [-0.4, -0.2) is 17.6 Å². The standard InChI is InChI=1S/C23H26N2O3/c1-4-6-7-16-8-10-17(11-9-16)24-23(27)20-15-25(5-2)21-13-12-18(28-3)14-19(21)22(20)26/h8-15H,4-7H2,1-3H3,(H,24,27). The number of carbonyl (C=O) groups is 1. The Kier molecular flexibility index (Phi) is 6.14. The Bertz CT molecular complexity index is 1040. The minimum Gasteiger partial charge on any atom is -0.497 e. The number of pyridine rings is 1. The first-order valence-corrected chi connectivity index (χ1v) is 9.68. The van der Waals surface area contributed by atoms with Gasteiger partial charge in [-0.15, -0.1) is 0 Å². The van der Waals surface area contributed by atoms with E-state index in [0.29, 0.717) is 23.4 Å². The molecule has 5 heteroatoms. The van der Waals surface area contributed by atoms with Gasteiger partial charge in [-0.1, -0.05) is 25.5 Å². The third kappa shape index (κ3) is 4.09. The highest BCUT2D eigenvalue weighted by Gasteiger charge is 2.16. The molecule has 0 aliphatic heterocycles. The van der Waals surface area contributed by atoms with Gasteiger partial charge in [0.25, 0.3) is 5.91 Å². The van der Waals surface area contributed by atoms with Crippen LogP contribution < -0.4 is 15.5 Å². The summed E-state index contributed by atoms with van der Waals surface area (Å²) >= 11 is 0. The summed E-state index contributed by atoms with van der Waals surface area (Å²) in [6.07, 6.45) is 4.94. The monoisotopic (exact) mass is 378 g/mol. The molecule has 146 valence electrons. The maximum absolute atomic E-state index is 12.9. The topological polar surface area (TPSA) is 60.3 Å². The molecule has 5 nitrogen and oxygen atoms in total. The third-order valence-corrected chi connectivity index (χ3v) is 4.90. The smallest absolute Gasteiger partial charge is 0.261 e. The zero-order valence-corrected chi connectivity index (χ0v) is 16.6. The molecule has 28 heavy (non-hydrogen) atoms. The first-order valence-electron chi connectivity index (χ1n) is 9.68. The van der Waals surface area contributed by atoms with Gasteiger partial charge < -0.3 is 14.6 Å². The van der Waals surface area contributed by atoms with Crippen LogP contribution in [0.15, 0.2) is 53.5 Å². The molecule has 0 bridgehead atoms. The van der Waals surface area contributed by atoms with E-state index in [2.05, 4.69) is 12.2 Å². The zero-order chi connectivity index (χ0) is 20.1. The molecule has 1 N–H and O–H groups in total. The molecule has 3 rings (SSSR count). The number of nitrogens with zero attached hydrogens (tertiary/aromatic N) is 1. The van der Waals surface area contributed by atoms with Crippen molar-refractivity contribution in [2.24, 2.45) is 0 Å². The number of fused-ring (bicyclic) bond motifs is 1. The van der Waals surface area contributed by atoms with Crippen LogP contribution >= 0.6 is 0 Å². The first-order chi connectivity index (χ1) is 13.6. The minimum atomic E-state index is -0.404. The third-order valence-electron chi connectivity index (χ3n) is 4.90. The number of methoxy groups -OCH3 is 1. The number of carbonyl (C=O) groups excluding carboxylic acids is 1. The molecule has 0 aliphatic rings. The van der Waals surface area contributed by atoms with Gasteiger partial charge in [0, 0.05) is 18.4 Å². The molecule has 0 saturated heterocycles. The van der Waals surface area contributed by atoms with Crippen molar-refractivity contribution < 1.29 is 9.53 Å². The van der Waals surface area contributed by atoms with Gasteiger partial charge in [0.1, 0.15) is 11.3 Å². The molecule has 1 aromatic heterocycles. The second-order valence-corrected chi connectivity index (χ2v) is 6.80. The van der Waals surface area contributed by atoms with Gasteiger partial charge in [0.2, 0.25) is 5.43 Å². The Morgan fingerprint density at radius 3 is 2.50 bits per heavy atom. The molecule has 0 saturated carbocycles. The molecule has 0 atom stereocenters. The summed E-state index contributed by atoms with van der Waals surface area (Å²) in [4.78, 5) is 25.7. The molecule has 2 aromatic carbocycles. The molecular weight excluding hydrogens is 352 g/mol. The van der Waals surface area contributed by atoms with Gasteiger partial charge in [0.05, 0.1) is 18.0 Å². The summed E-state index contributed by atoms with van der Waals surface area (Å²) in [6.45, 7) is 4.79. The highest BCUT2D eigenvalue weighted by Crippen LogP contribution is 2.20. The number of aromatic nitrogens is 1. The number of aryl methyl sites for hydroxylation is 2. The lowest BCUT2D eigenvalue weighted by atomic mass is 10.1. The van der Waals surface area contributed by atoms with E-state index in [-0.39, 0.29) is 11.0 Å². The summed E-state index contributed by atoms with van der Waals surface area (Å²) < 4.78 is 7.14. The van der Waals surface area contributed by atoms with Gasteiger partial charge in [-0.2, -0.15) is 0 Å². The van der Waals surface area contributed by atoms with Crippen LogP contribution in [0.4, 0.5) is 5.69 Å². The zero-order valence-electron chi connectivity index (χ0n) is 16.6. The molecule has 1 amide bonds. The van der Waals surface area contributed by atoms with Gasteiger partial charge >= 0.3 is 0 Å². The van der Waals surface area contributed by atoms with Crippen LogP contribution in [-0.2, 0) is 13.0 Å². The molecule has 3 aromatic rings. The number of rotatable bonds is 7. The van der Waals surface area contributed by atoms with E-state index in [1.807, 2.05) is 47.9 Å². The van der Waals surface area contributed by atoms with E-state index in [9.17, 15) is 9.59 Å². The van der Waals surface area contributed by atoms with Crippen molar-refractivity contribution in [3.8, 4) is 5.75 Å². The van der Waals surface area contributed by atoms with Gasteiger partial charge in [0.15, 0.2) is 0 Å². The van der Waals surface area contributed by atoms with Crippen LogP contribution in [0.2, 0.25) is 0 Å². The average Bonchev–Trinajstić information content (AvgIpc) is 2.73. The van der Waals surface area contributed by atoms with Crippen LogP contribution in [0.25, 0.3) is 10.9 Å². The lowest BCUT2D eigenvalue weighted by molar-refractivity contribution is 0.102. The predicted octanol–water partition coefficient (Wildman–Crippen LogP) is 4.62. The predicted molar refractivity (Wildman–Crippen MR) is 113 cm³/mol. The fourth-order valence-corrected chi connectivity index (χ4v) is 3.26. The number of nitrogens with one attached hydrogen (secondary N) is 1. The minimum absolute atomic E-state index is 0.123. The normalized spacial score (nSPS) is 10.8. The van der Waals surface area contributed by atoms with Crippen molar-refractivity contribution in [2.45, 2.75) is 39.7 Å². The first kappa shape index (κ1) is 19.7. The quantitative estimate of drug-likeness (QED) is 0.652. The maximum atomic E-state index is 12.9. The number of unbranched alkanes of at least 4 members (excludes halogenated alkanes) is 1. The van der Waals surface area contributed by atoms with Gasteiger partial charge in [-0.3, -0.25) is 9.59 Å².